The molecule has 0 spiro atoms. The number of benzene rings is 2. The molecule has 0 saturated heterocycles. The average Bonchev–Trinajstić information content (AvgIpc) is 2.86. The van der Waals surface area contributed by atoms with E-state index in [1.54, 1.807) is 0 Å². The molecule has 0 bridgehead atoms. The van der Waals surface area contributed by atoms with Crippen molar-refractivity contribution in [1.29, 1.82) is 0 Å². The summed E-state index contributed by atoms with van der Waals surface area (Å²) in [5.41, 5.74) is -2.74. The highest BCUT2D eigenvalue weighted by Gasteiger charge is 2.34. The lowest BCUT2D eigenvalue weighted by Gasteiger charge is -2.26. The summed E-state index contributed by atoms with van der Waals surface area (Å²) in [5.74, 6) is -2.04. The summed E-state index contributed by atoms with van der Waals surface area (Å²) < 4.78 is 40.6. The zero-order valence-corrected chi connectivity index (χ0v) is 22.2. The molecule has 3 rings (SSSR count). The summed E-state index contributed by atoms with van der Waals surface area (Å²) in [6.07, 6.45) is -7.73. The normalized spacial score (nSPS) is 17.2. The molecule has 12 nitrogen and oxygen atoms in total. The third-order valence-corrected chi connectivity index (χ3v) is 6.03. The Labute approximate surface area is 232 Å². The number of rotatable bonds is 10. The minimum atomic E-state index is -4.79. The van der Waals surface area contributed by atoms with Crippen molar-refractivity contribution in [1.82, 2.24) is 16.0 Å². The molecule has 0 aromatic heterocycles. The standard InChI is InChI=1S/C26H32F3N5O7/c1-25(2,41)15-3-13(4-16(7-15)26(27,28)29)20(9-22(38)39)34-21(37)12-30-23(40)14-5-17(8-18(35)6-14)33-24-31-10-19(36)11-32-24/h3-8,19-21,34-37,41H,9-12H2,1-2H3,(H,30,40)(H,38,39)(H2,31,32,33)/t20-,21?/m0/s1. The maximum Gasteiger partial charge on any atom is 0.416 e. The molecule has 2 aromatic rings. The van der Waals surface area contributed by atoms with Gasteiger partial charge >= 0.3 is 12.1 Å². The number of aliphatic hydroxyl groups excluding tert-OH is 2. The van der Waals surface area contributed by atoms with Crippen molar-refractivity contribution in [3.05, 3.63) is 58.7 Å². The third-order valence-electron chi connectivity index (χ3n) is 6.03. The van der Waals surface area contributed by atoms with Crippen LogP contribution in [-0.4, -0.2) is 75.3 Å². The molecule has 2 aromatic carbocycles. The number of phenols is 1. The molecular weight excluding hydrogens is 551 g/mol. The molecule has 9 N–H and O–H groups in total. The zero-order chi connectivity index (χ0) is 30.5. The predicted molar refractivity (Wildman–Crippen MR) is 141 cm³/mol. The largest absolute Gasteiger partial charge is 0.508 e. The van der Waals surface area contributed by atoms with Crippen molar-refractivity contribution in [2.45, 2.75) is 50.4 Å². The molecular formula is C26H32F3N5O7. The highest BCUT2D eigenvalue weighted by atomic mass is 19.4. The van der Waals surface area contributed by atoms with Crippen LogP contribution in [0.1, 0.15) is 53.4 Å². The summed E-state index contributed by atoms with van der Waals surface area (Å²) in [6, 6.07) is 5.27. The van der Waals surface area contributed by atoms with Crippen molar-refractivity contribution in [3.63, 3.8) is 0 Å². The van der Waals surface area contributed by atoms with Gasteiger partial charge in [-0.15, -0.1) is 0 Å². The number of alkyl halides is 3. The van der Waals surface area contributed by atoms with Gasteiger partial charge in [0.05, 0.1) is 36.8 Å². The fourth-order valence-electron chi connectivity index (χ4n) is 3.97. The number of aromatic hydroxyl groups is 1. The minimum Gasteiger partial charge on any atom is -0.508 e. The van der Waals surface area contributed by atoms with E-state index in [0.717, 1.165) is 18.2 Å². The molecule has 2 unspecified atom stereocenters. The van der Waals surface area contributed by atoms with E-state index >= 15 is 0 Å². The summed E-state index contributed by atoms with van der Waals surface area (Å²) in [5, 5.41) is 60.3. The van der Waals surface area contributed by atoms with E-state index in [0.29, 0.717) is 11.6 Å². The van der Waals surface area contributed by atoms with Gasteiger partial charge in [-0.3, -0.25) is 19.9 Å². The number of β-amino-alcohol motifs (C(OH)–C–C–N with tert-alkyl or cyclic N) is 1. The predicted octanol–water partition coefficient (Wildman–Crippen LogP) is 1.22. The number of hydrogen-bond donors (Lipinski definition) is 9. The molecule has 0 aliphatic carbocycles. The number of carboxylic acids is 1. The molecule has 0 radical (unpaired) electrons. The molecule has 1 aliphatic heterocycles. The van der Waals surface area contributed by atoms with Crippen LogP contribution in [0.5, 0.6) is 5.75 Å². The lowest BCUT2D eigenvalue weighted by Crippen LogP contribution is -2.43. The Morgan fingerprint density at radius 1 is 1.12 bits per heavy atom. The van der Waals surface area contributed by atoms with Gasteiger partial charge in [0.1, 0.15) is 12.0 Å². The number of halogens is 3. The fraction of sp³-hybridized carbons (Fsp3) is 0.423. The molecule has 41 heavy (non-hydrogen) atoms. The van der Waals surface area contributed by atoms with E-state index < -0.39 is 60.6 Å². The number of amides is 1. The van der Waals surface area contributed by atoms with Crippen LogP contribution in [0, 0.1) is 0 Å². The first-order valence-corrected chi connectivity index (χ1v) is 12.5. The van der Waals surface area contributed by atoms with Crippen LogP contribution in [0.15, 0.2) is 41.4 Å². The summed E-state index contributed by atoms with van der Waals surface area (Å²) >= 11 is 0. The molecule has 0 saturated carbocycles. The topological polar surface area (TPSA) is 196 Å². The monoisotopic (exact) mass is 583 g/mol. The first-order valence-electron chi connectivity index (χ1n) is 12.5. The number of aliphatic hydroxyl groups is 3. The van der Waals surface area contributed by atoms with Crippen LogP contribution in [0.3, 0.4) is 0 Å². The summed E-state index contributed by atoms with van der Waals surface area (Å²) in [4.78, 5) is 28.3. The number of anilines is 1. The quantitative estimate of drug-likeness (QED) is 0.184. The summed E-state index contributed by atoms with van der Waals surface area (Å²) in [7, 11) is 0. The van der Waals surface area contributed by atoms with Crippen LogP contribution >= 0.6 is 0 Å². The number of phenolic OH excluding ortho intramolecular Hbond substituents is 1. The maximum absolute atomic E-state index is 13.5. The van der Waals surface area contributed by atoms with E-state index in [1.165, 1.54) is 32.0 Å². The van der Waals surface area contributed by atoms with E-state index in [9.17, 15) is 48.3 Å². The lowest BCUT2D eigenvalue weighted by molar-refractivity contribution is -0.138. The van der Waals surface area contributed by atoms with Gasteiger partial charge in [-0.25, -0.2) is 0 Å². The van der Waals surface area contributed by atoms with E-state index in [4.69, 9.17) is 0 Å². The van der Waals surface area contributed by atoms with Gasteiger partial charge < -0.3 is 41.5 Å². The van der Waals surface area contributed by atoms with Gasteiger partial charge in [0.25, 0.3) is 5.91 Å². The van der Waals surface area contributed by atoms with Gasteiger partial charge in [0.2, 0.25) is 0 Å². The molecule has 1 aliphatic rings. The van der Waals surface area contributed by atoms with Gasteiger partial charge in [0.15, 0.2) is 5.96 Å². The number of carbonyl (C=O) groups excluding carboxylic acids is 1. The third kappa shape index (κ3) is 9.31. The van der Waals surface area contributed by atoms with Crippen LogP contribution in [-0.2, 0) is 16.6 Å². The van der Waals surface area contributed by atoms with Gasteiger partial charge in [-0.05, 0) is 49.2 Å². The number of aliphatic carboxylic acids is 1. The Bertz CT molecular complexity index is 1260. The number of carbonyl (C=O) groups is 2. The Morgan fingerprint density at radius 3 is 2.39 bits per heavy atom. The fourth-order valence-corrected chi connectivity index (χ4v) is 3.97. The molecule has 1 amide bonds. The summed E-state index contributed by atoms with van der Waals surface area (Å²) in [6.45, 7) is 2.50. The zero-order valence-electron chi connectivity index (χ0n) is 22.2. The first kappa shape index (κ1) is 31.6. The number of nitrogens with zero attached hydrogens (tertiary/aromatic N) is 1. The highest BCUT2D eigenvalue weighted by Crippen LogP contribution is 2.35. The van der Waals surface area contributed by atoms with Crippen molar-refractivity contribution in [2.24, 2.45) is 4.99 Å². The Kier molecular flexibility index (Phi) is 9.81. The molecule has 3 atom stereocenters. The molecule has 224 valence electrons. The second-order valence-corrected chi connectivity index (χ2v) is 10.1. The minimum absolute atomic E-state index is 0.00840. The SMILES string of the molecule is CC(C)(O)c1cc([C@H](CC(=O)O)NC(O)CNC(=O)c2cc(O)cc(NC3=NCC(O)CN3)c2)cc(C(F)(F)F)c1. The second-order valence-electron chi connectivity index (χ2n) is 10.1. The second kappa shape index (κ2) is 12.7. The van der Waals surface area contributed by atoms with Crippen molar-refractivity contribution in [2.75, 3.05) is 25.0 Å². The number of carboxylic acid groups (broad SMARTS) is 1. The highest BCUT2D eigenvalue weighted by molar-refractivity contribution is 5.98. The number of hydrogen-bond acceptors (Lipinski definition) is 10. The van der Waals surface area contributed by atoms with Gasteiger partial charge in [-0.1, -0.05) is 6.07 Å². The van der Waals surface area contributed by atoms with E-state index in [1.807, 2.05) is 0 Å². The van der Waals surface area contributed by atoms with Crippen LogP contribution in [0.4, 0.5) is 18.9 Å². The maximum atomic E-state index is 13.5. The lowest BCUT2D eigenvalue weighted by atomic mass is 9.91. The Balaban J connectivity index is 1.73. The molecule has 1 heterocycles. The number of nitrogens with one attached hydrogen (secondary N) is 4. The smallest absolute Gasteiger partial charge is 0.416 e. The van der Waals surface area contributed by atoms with Crippen LogP contribution < -0.4 is 21.3 Å². The molecule has 0 fully saturated rings. The number of aliphatic imine (C=N–C) groups is 1. The van der Waals surface area contributed by atoms with Crippen LogP contribution in [0.25, 0.3) is 0 Å². The number of guanidine groups is 1. The Hall–Kier alpha value is -3.92. The Morgan fingerprint density at radius 2 is 1.80 bits per heavy atom. The van der Waals surface area contributed by atoms with Crippen molar-refractivity contribution < 1.29 is 48.3 Å². The van der Waals surface area contributed by atoms with E-state index in [-0.39, 0.29) is 35.5 Å². The van der Waals surface area contributed by atoms with Crippen LogP contribution in [0.2, 0.25) is 0 Å². The van der Waals surface area contributed by atoms with Gasteiger partial charge in [0, 0.05) is 29.9 Å². The van der Waals surface area contributed by atoms with Crippen molar-refractivity contribution >= 4 is 23.5 Å². The molecule has 15 heteroatoms. The van der Waals surface area contributed by atoms with Gasteiger partial charge in [-0.2, -0.15) is 13.2 Å². The van der Waals surface area contributed by atoms with E-state index in [2.05, 4.69) is 26.3 Å². The average molecular weight is 584 g/mol. The van der Waals surface area contributed by atoms with Crippen molar-refractivity contribution in [3.8, 4) is 5.75 Å². The first-order chi connectivity index (χ1) is 19.0.